The van der Waals surface area contributed by atoms with Gasteiger partial charge in [0.05, 0.1) is 17.6 Å². The molecule has 1 atom stereocenters. The molecule has 30 heavy (non-hydrogen) atoms. The molecule has 1 N–H and O–H groups in total. The van der Waals surface area contributed by atoms with Crippen LogP contribution >= 0.6 is 0 Å². The summed E-state index contributed by atoms with van der Waals surface area (Å²) < 4.78 is 14.8. The van der Waals surface area contributed by atoms with Crippen molar-refractivity contribution in [2.24, 2.45) is 0 Å². The van der Waals surface area contributed by atoms with E-state index in [1.54, 1.807) is 0 Å². The Labute approximate surface area is 179 Å². The molecule has 0 bridgehead atoms. The maximum absolute atomic E-state index is 13.0. The monoisotopic (exact) mass is 411 g/mol. The quantitative estimate of drug-likeness (QED) is 0.690. The van der Waals surface area contributed by atoms with E-state index in [2.05, 4.69) is 39.0 Å². The van der Waals surface area contributed by atoms with Crippen LogP contribution in [-0.4, -0.2) is 46.1 Å². The second-order valence-corrected chi connectivity index (χ2v) is 7.87. The number of hydrogen-bond donors (Lipinski definition) is 1. The van der Waals surface area contributed by atoms with Gasteiger partial charge >= 0.3 is 0 Å². The minimum atomic E-state index is -0.606. The average Bonchev–Trinajstić information content (AvgIpc) is 3.35. The number of halogens is 1. The van der Waals surface area contributed by atoms with Crippen LogP contribution in [0, 0.1) is 6.92 Å². The largest absolute Gasteiger partial charge is 0.355 e. The fourth-order valence-corrected chi connectivity index (χ4v) is 4.01. The Morgan fingerprint density at radius 3 is 2.67 bits per heavy atom. The molecule has 3 heterocycles. The number of nitrogens with zero attached hydrogens (tertiary/aromatic N) is 4. The third-order valence-electron chi connectivity index (χ3n) is 5.63. The molecule has 1 saturated heterocycles. The summed E-state index contributed by atoms with van der Waals surface area (Å²) in [6.07, 6.45) is 9.60. The molecule has 2 aromatic rings. The van der Waals surface area contributed by atoms with E-state index in [4.69, 9.17) is 0 Å². The first-order chi connectivity index (χ1) is 14.5. The minimum absolute atomic E-state index is 0.352. The van der Waals surface area contributed by atoms with Crippen LogP contribution in [0.4, 0.5) is 10.2 Å². The molecular formula is C24H34FN5. The molecule has 1 aliphatic carbocycles. The first-order valence-electron chi connectivity index (χ1n) is 11.0. The van der Waals surface area contributed by atoms with Crippen molar-refractivity contribution < 1.29 is 4.39 Å². The van der Waals surface area contributed by atoms with Crippen LogP contribution in [0.3, 0.4) is 0 Å². The average molecular weight is 412 g/mol. The van der Waals surface area contributed by atoms with Gasteiger partial charge in [0.15, 0.2) is 0 Å². The van der Waals surface area contributed by atoms with Gasteiger partial charge < -0.3 is 10.2 Å². The molecule has 2 aliphatic rings. The van der Waals surface area contributed by atoms with Crippen LogP contribution in [0.1, 0.15) is 51.3 Å². The van der Waals surface area contributed by atoms with Crippen molar-refractivity contribution in [2.45, 2.75) is 65.2 Å². The summed E-state index contributed by atoms with van der Waals surface area (Å²) in [5.74, 6) is 0.979. The SMILES string of the molecule is C=C(/C=C\C)c1nn(-c2ccc(N3CCC(NC4CC(F)C4)C3)nc2)cc1C.CC. The zero-order chi connectivity index (χ0) is 21.7. The number of rotatable bonds is 6. The molecule has 1 saturated carbocycles. The molecule has 1 unspecified atom stereocenters. The summed E-state index contributed by atoms with van der Waals surface area (Å²) in [6.45, 7) is 14.0. The molecule has 0 spiro atoms. The smallest absolute Gasteiger partial charge is 0.128 e. The molecule has 2 aromatic heterocycles. The highest BCUT2D eigenvalue weighted by atomic mass is 19.1. The Morgan fingerprint density at radius 2 is 2.03 bits per heavy atom. The van der Waals surface area contributed by atoms with E-state index >= 15 is 0 Å². The van der Waals surface area contributed by atoms with Gasteiger partial charge in [0.25, 0.3) is 0 Å². The van der Waals surface area contributed by atoms with E-state index in [1.165, 1.54) is 0 Å². The van der Waals surface area contributed by atoms with E-state index in [1.807, 2.05) is 56.9 Å². The molecule has 2 fully saturated rings. The minimum Gasteiger partial charge on any atom is -0.355 e. The van der Waals surface area contributed by atoms with Gasteiger partial charge in [-0.3, -0.25) is 0 Å². The van der Waals surface area contributed by atoms with Crippen LogP contribution < -0.4 is 10.2 Å². The van der Waals surface area contributed by atoms with Crippen molar-refractivity contribution in [3.8, 4) is 5.69 Å². The van der Waals surface area contributed by atoms with Crippen LogP contribution in [-0.2, 0) is 0 Å². The number of alkyl halides is 1. The Bertz CT molecular complexity index is 864. The number of pyridine rings is 1. The molecule has 1 aliphatic heterocycles. The van der Waals surface area contributed by atoms with E-state index < -0.39 is 6.17 Å². The second-order valence-electron chi connectivity index (χ2n) is 7.87. The molecule has 5 nitrogen and oxygen atoms in total. The maximum atomic E-state index is 13.0. The van der Waals surface area contributed by atoms with E-state index in [9.17, 15) is 4.39 Å². The molecule has 6 heteroatoms. The first-order valence-corrected chi connectivity index (χ1v) is 11.0. The number of allylic oxidation sites excluding steroid dienone is 3. The van der Waals surface area contributed by atoms with Crippen molar-refractivity contribution in [1.29, 1.82) is 0 Å². The molecule has 0 amide bonds. The van der Waals surface area contributed by atoms with Gasteiger partial charge in [-0.15, -0.1) is 0 Å². The Balaban J connectivity index is 0.00000124. The topological polar surface area (TPSA) is 46.0 Å². The van der Waals surface area contributed by atoms with Crippen LogP contribution in [0.25, 0.3) is 11.3 Å². The van der Waals surface area contributed by atoms with Gasteiger partial charge in [-0.05, 0) is 56.4 Å². The van der Waals surface area contributed by atoms with Crippen molar-refractivity contribution in [3.63, 3.8) is 0 Å². The molecule has 4 rings (SSSR count). The lowest BCUT2D eigenvalue weighted by Gasteiger charge is -2.33. The van der Waals surface area contributed by atoms with Crippen molar-refractivity contribution in [2.75, 3.05) is 18.0 Å². The Kier molecular flexibility index (Phi) is 7.43. The molecular weight excluding hydrogens is 377 g/mol. The van der Waals surface area contributed by atoms with E-state index in [-0.39, 0.29) is 0 Å². The summed E-state index contributed by atoms with van der Waals surface area (Å²) in [4.78, 5) is 6.95. The van der Waals surface area contributed by atoms with Crippen molar-refractivity contribution in [1.82, 2.24) is 20.1 Å². The normalized spacial score (nSPS) is 23.2. The number of aryl methyl sites for hydroxylation is 1. The van der Waals surface area contributed by atoms with Gasteiger partial charge in [-0.2, -0.15) is 5.10 Å². The van der Waals surface area contributed by atoms with E-state index in [0.29, 0.717) is 24.9 Å². The summed E-state index contributed by atoms with van der Waals surface area (Å²) in [6, 6.07) is 4.88. The van der Waals surface area contributed by atoms with Gasteiger partial charge in [0.1, 0.15) is 12.0 Å². The predicted octanol–water partition coefficient (Wildman–Crippen LogP) is 4.86. The summed E-state index contributed by atoms with van der Waals surface area (Å²) >= 11 is 0. The molecule has 0 radical (unpaired) electrons. The summed E-state index contributed by atoms with van der Waals surface area (Å²) in [5, 5.41) is 8.24. The second kappa shape index (κ2) is 10.0. The van der Waals surface area contributed by atoms with Gasteiger partial charge in [-0.1, -0.05) is 32.6 Å². The third kappa shape index (κ3) is 4.98. The lowest BCUT2D eigenvalue weighted by molar-refractivity contribution is 0.148. The number of hydrogen-bond acceptors (Lipinski definition) is 4. The van der Waals surface area contributed by atoms with Crippen LogP contribution in [0.15, 0.2) is 43.3 Å². The molecule has 0 aromatic carbocycles. The number of nitrogens with one attached hydrogen (secondary N) is 1. The summed E-state index contributed by atoms with van der Waals surface area (Å²) in [7, 11) is 0. The van der Waals surface area contributed by atoms with Gasteiger partial charge in [0.2, 0.25) is 0 Å². The summed E-state index contributed by atoms with van der Waals surface area (Å²) in [5.41, 5.74) is 3.84. The highest BCUT2D eigenvalue weighted by molar-refractivity contribution is 5.71. The van der Waals surface area contributed by atoms with Crippen molar-refractivity contribution >= 4 is 11.4 Å². The van der Waals surface area contributed by atoms with Crippen LogP contribution in [0.5, 0.6) is 0 Å². The lowest BCUT2D eigenvalue weighted by atomic mass is 9.90. The zero-order valence-electron chi connectivity index (χ0n) is 18.6. The standard InChI is InChI=1S/C22H28FN5.C2H6/c1-4-5-15(2)22-16(3)13-28(26-22)20-6-7-21(24-12-20)27-9-8-18(14-27)25-19-10-17(23)11-19;1-2/h4-7,12-13,17-19,25H,2,8-11,14H2,1,3H3;1-2H3/b5-4-;. The maximum Gasteiger partial charge on any atom is 0.128 e. The number of aromatic nitrogens is 3. The molecule has 162 valence electrons. The van der Waals surface area contributed by atoms with Gasteiger partial charge in [0, 0.05) is 31.4 Å². The highest BCUT2D eigenvalue weighted by Crippen LogP contribution is 2.26. The Morgan fingerprint density at radius 1 is 1.27 bits per heavy atom. The lowest BCUT2D eigenvalue weighted by Crippen LogP contribution is -2.48. The van der Waals surface area contributed by atoms with Crippen LogP contribution in [0.2, 0.25) is 0 Å². The van der Waals surface area contributed by atoms with E-state index in [0.717, 1.165) is 47.8 Å². The number of anilines is 1. The Hall–Kier alpha value is -2.47. The predicted molar refractivity (Wildman–Crippen MR) is 123 cm³/mol. The zero-order valence-corrected chi connectivity index (χ0v) is 18.6. The van der Waals surface area contributed by atoms with Crippen molar-refractivity contribution in [3.05, 3.63) is 54.5 Å². The van der Waals surface area contributed by atoms with Gasteiger partial charge in [-0.25, -0.2) is 14.1 Å². The first kappa shape index (κ1) is 22.2. The fraction of sp³-hybridized carbons (Fsp3) is 0.500. The highest BCUT2D eigenvalue weighted by Gasteiger charge is 2.32. The fourth-order valence-electron chi connectivity index (χ4n) is 4.01. The third-order valence-corrected chi connectivity index (χ3v) is 5.63.